The van der Waals surface area contributed by atoms with Crippen LogP contribution in [0.5, 0.6) is 0 Å². The fraction of sp³-hybridized carbons (Fsp3) is 0.650. The molecule has 1 aliphatic heterocycles. The van der Waals surface area contributed by atoms with Gasteiger partial charge in [0.15, 0.2) is 12.4 Å². The van der Waals surface area contributed by atoms with Crippen molar-refractivity contribution in [3.63, 3.8) is 0 Å². The van der Waals surface area contributed by atoms with Gasteiger partial charge in [-0.15, -0.1) is 0 Å². The van der Waals surface area contributed by atoms with Crippen LogP contribution in [0, 0.1) is 0 Å². The minimum atomic E-state index is -1.61. The Bertz CT molecular complexity index is 1040. The minimum Gasteiger partial charge on any atom is -0.462 e. The standard InChI is InChI=1S/C40H64O10/c1-3-5-7-9-11-12-13-14-15-16-17-18-19-20-21-22-23-25-27-29-36(43)49-33(31-47-35(42)28-26-24-10-8-6-4-2)32-48-40-39(46)38(45)37(44)34(30-41)50-40/h5,7,11-12,14-15,17-18,20-21,23,25,33-34,37-41,44-46H,3-4,6,8-10,13,16,19,22,24,26-32H2,1-2H3/b7-5-,12-11-,15-14-,18-17-,21-20-,25-23-. The van der Waals surface area contributed by atoms with Crippen molar-refractivity contribution in [2.45, 2.75) is 147 Å². The van der Waals surface area contributed by atoms with Crippen molar-refractivity contribution >= 4 is 11.9 Å². The normalized spacial score (nSPS) is 22.2. The molecule has 1 aliphatic rings. The van der Waals surface area contributed by atoms with Gasteiger partial charge in [-0.2, -0.15) is 0 Å². The van der Waals surface area contributed by atoms with Crippen LogP contribution in [0.3, 0.4) is 0 Å². The van der Waals surface area contributed by atoms with Crippen LogP contribution in [0.15, 0.2) is 72.9 Å². The molecule has 1 fully saturated rings. The summed E-state index contributed by atoms with van der Waals surface area (Å²) in [5.74, 6) is -0.925. The van der Waals surface area contributed by atoms with Crippen molar-refractivity contribution in [2.75, 3.05) is 19.8 Å². The van der Waals surface area contributed by atoms with Crippen LogP contribution in [0.1, 0.15) is 110 Å². The molecule has 0 aromatic rings. The molecule has 4 N–H and O–H groups in total. The van der Waals surface area contributed by atoms with E-state index in [-0.39, 0.29) is 26.1 Å². The third-order valence-corrected chi connectivity index (χ3v) is 7.87. The molecule has 6 unspecified atom stereocenters. The smallest absolute Gasteiger partial charge is 0.306 e. The number of allylic oxidation sites excluding steroid dienone is 12. The Morgan fingerprint density at radius 1 is 0.640 bits per heavy atom. The van der Waals surface area contributed by atoms with Gasteiger partial charge in [-0.05, 0) is 51.4 Å². The third kappa shape index (κ3) is 22.8. The molecule has 284 valence electrons. The summed E-state index contributed by atoms with van der Waals surface area (Å²) in [5, 5.41) is 39.8. The summed E-state index contributed by atoms with van der Waals surface area (Å²) < 4.78 is 21.8. The maximum atomic E-state index is 12.6. The molecule has 1 heterocycles. The van der Waals surface area contributed by atoms with Gasteiger partial charge in [-0.3, -0.25) is 9.59 Å². The molecular formula is C40H64O10. The zero-order chi connectivity index (χ0) is 36.7. The summed E-state index contributed by atoms with van der Waals surface area (Å²) in [6.45, 7) is 3.12. The van der Waals surface area contributed by atoms with E-state index in [0.29, 0.717) is 12.8 Å². The SMILES string of the molecule is CC/C=C\C/C=C\C/C=C\C/C=C\C/C=C\C/C=C\CCC(=O)OC(COC(=O)CCCCCCCC)COC1OC(CO)C(O)C(O)C1O. The largest absolute Gasteiger partial charge is 0.462 e. The number of esters is 2. The zero-order valence-electron chi connectivity index (χ0n) is 30.4. The first-order valence-corrected chi connectivity index (χ1v) is 18.5. The van der Waals surface area contributed by atoms with Gasteiger partial charge in [-0.25, -0.2) is 0 Å². The molecule has 0 bridgehead atoms. The van der Waals surface area contributed by atoms with Crippen LogP contribution in [-0.4, -0.2) is 89.0 Å². The van der Waals surface area contributed by atoms with Gasteiger partial charge in [0.25, 0.3) is 0 Å². The predicted molar refractivity (Wildman–Crippen MR) is 196 cm³/mol. The highest BCUT2D eigenvalue weighted by molar-refractivity contribution is 5.70. The van der Waals surface area contributed by atoms with E-state index in [0.717, 1.165) is 64.2 Å². The summed E-state index contributed by atoms with van der Waals surface area (Å²) in [5.41, 5.74) is 0. The lowest BCUT2D eigenvalue weighted by molar-refractivity contribution is -0.305. The van der Waals surface area contributed by atoms with Crippen molar-refractivity contribution in [3.8, 4) is 0 Å². The van der Waals surface area contributed by atoms with E-state index >= 15 is 0 Å². The zero-order valence-corrected chi connectivity index (χ0v) is 30.4. The average molecular weight is 705 g/mol. The molecular weight excluding hydrogens is 640 g/mol. The van der Waals surface area contributed by atoms with Crippen molar-refractivity contribution < 1.29 is 49.0 Å². The molecule has 0 saturated carbocycles. The molecule has 0 spiro atoms. The molecule has 0 aromatic heterocycles. The first-order valence-electron chi connectivity index (χ1n) is 18.5. The van der Waals surface area contributed by atoms with E-state index in [1.807, 2.05) is 12.2 Å². The molecule has 6 atom stereocenters. The van der Waals surface area contributed by atoms with Gasteiger partial charge < -0.3 is 39.4 Å². The van der Waals surface area contributed by atoms with E-state index in [1.165, 1.54) is 6.42 Å². The Labute approximate surface area is 300 Å². The number of rotatable bonds is 28. The maximum absolute atomic E-state index is 12.6. The Morgan fingerprint density at radius 3 is 1.74 bits per heavy atom. The first-order chi connectivity index (χ1) is 24.3. The van der Waals surface area contributed by atoms with Gasteiger partial charge in [0.1, 0.15) is 31.0 Å². The highest BCUT2D eigenvalue weighted by Crippen LogP contribution is 2.22. The number of aliphatic hydroxyl groups excluding tert-OH is 4. The van der Waals surface area contributed by atoms with E-state index < -0.39 is 55.4 Å². The van der Waals surface area contributed by atoms with Crippen LogP contribution in [-0.2, 0) is 28.5 Å². The molecule has 10 heteroatoms. The number of carbonyl (C=O) groups excluding carboxylic acids is 2. The molecule has 0 aromatic carbocycles. The number of carbonyl (C=O) groups is 2. The number of aliphatic hydroxyl groups is 4. The summed E-state index contributed by atoms with van der Waals surface area (Å²) in [4.78, 5) is 24.9. The predicted octanol–water partition coefficient (Wildman–Crippen LogP) is 6.49. The first kappa shape index (κ1) is 45.2. The highest BCUT2D eigenvalue weighted by Gasteiger charge is 2.44. The van der Waals surface area contributed by atoms with E-state index in [1.54, 1.807) is 0 Å². The second kappa shape index (κ2) is 30.9. The maximum Gasteiger partial charge on any atom is 0.306 e. The van der Waals surface area contributed by atoms with Gasteiger partial charge in [0.2, 0.25) is 0 Å². The fourth-order valence-electron chi connectivity index (χ4n) is 4.92. The van der Waals surface area contributed by atoms with E-state index in [4.69, 9.17) is 18.9 Å². The molecule has 0 amide bonds. The average Bonchev–Trinajstić information content (AvgIpc) is 3.11. The Morgan fingerprint density at radius 2 is 1.18 bits per heavy atom. The Balaban J connectivity index is 2.44. The van der Waals surface area contributed by atoms with Crippen molar-refractivity contribution in [3.05, 3.63) is 72.9 Å². The summed E-state index contributed by atoms with van der Waals surface area (Å²) in [6.07, 6.45) is 29.6. The monoisotopic (exact) mass is 704 g/mol. The molecule has 0 radical (unpaired) electrons. The molecule has 1 rings (SSSR count). The molecule has 50 heavy (non-hydrogen) atoms. The second-order valence-electron chi connectivity index (χ2n) is 12.3. The lowest BCUT2D eigenvalue weighted by Gasteiger charge is -2.39. The van der Waals surface area contributed by atoms with Gasteiger partial charge in [0, 0.05) is 12.8 Å². The van der Waals surface area contributed by atoms with Crippen molar-refractivity contribution in [1.29, 1.82) is 0 Å². The van der Waals surface area contributed by atoms with Crippen LogP contribution >= 0.6 is 0 Å². The van der Waals surface area contributed by atoms with Crippen molar-refractivity contribution in [1.82, 2.24) is 0 Å². The lowest BCUT2D eigenvalue weighted by Crippen LogP contribution is -2.59. The highest BCUT2D eigenvalue weighted by atomic mass is 16.7. The number of hydrogen-bond donors (Lipinski definition) is 4. The second-order valence-corrected chi connectivity index (χ2v) is 12.3. The lowest BCUT2D eigenvalue weighted by atomic mass is 9.99. The molecule has 1 saturated heterocycles. The van der Waals surface area contributed by atoms with Crippen molar-refractivity contribution in [2.24, 2.45) is 0 Å². The van der Waals surface area contributed by atoms with Crippen LogP contribution in [0.25, 0.3) is 0 Å². The quantitative estimate of drug-likeness (QED) is 0.0404. The van der Waals surface area contributed by atoms with Gasteiger partial charge in [-0.1, -0.05) is 119 Å². The summed E-state index contributed by atoms with van der Waals surface area (Å²) >= 11 is 0. The minimum absolute atomic E-state index is 0.102. The summed E-state index contributed by atoms with van der Waals surface area (Å²) in [7, 11) is 0. The Hall–Kier alpha value is -2.86. The topological polar surface area (TPSA) is 152 Å². The molecule has 0 aliphatic carbocycles. The number of hydrogen-bond acceptors (Lipinski definition) is 10. The van der Waals surface area contributed by atoms with Gasteiger partial charge in [0.05, 0.1) is 13.2 Å². The van der Waals surface area contributed by atoms with Crippen LogP contribution in [0.2, 0.25) is 0 Å². The van der Waals surface area contributed by atoms with Crippen LogP contribution < -0.4 is 0 Å². The fourth-order valence-corrected chi connectivity index (χ4v) is 4.92. The summed E-state index contributed by atoms with van der Waals surface area (Å²) in [6, 6.07) is 0. The van der Waals surface area contributed by atoms with E-state index in [9.17, 15) is 30.0 Å². The van der Waals surface area contributed by atoms with E-state index in [2.05, 4.69) is 74.6 Å². The molecule has 10 nitrogen and oxygen atoms in total. The third-order valence-electron chi connectivity index (χ3n) is 7.87. The van der Waals surface area contributed by atoms with Gasteiger partial charge >= 0.3 is 11.9 Å². The Kier molecular flexibility index (Phi) is 27.9. The number of ether oxygens (including phenoxy) is 4. The number of unbranched alkanes of at least 4 members (excludes halogenated alkanes) is 5. The van der Waals surface area contributed by atoms with Crippen LogP contribution in [0.4, 0.5) is 0 Å².